The second kappa shape index (κ2) is 5.56. The highest BCUT2D eigenvalue weighted by molar-refractivity contribution is 7.91. The van der Waals surface area contributed by atoms with Crippen molar-refractivity contribution in [2.24, 2.45) is 0 Å². The molecule has 0 unspecified atom stereocenters. The van der Waals surface area contributed by atoms with Crippen molar-refractivity contribution >= 4 is 21.4 Å². The Hall–Kier alpha value is -0.630. The van der Waals surface area contributed by atoms with E-state index in [-0.39, 0.29) is 6.04 Å². The van der Waals surface area contributed by atoms with Crippen LogP contribution in [0, 0.1) is 0 Å². The lowest BCUT2D eigenvalue weighted by Gasteiger charge is -2.30. The standard InChI is InChI=1S/C11H18N2O3S2/c1-13(9-3-6-12-7-4-9)18(14,15)11-10(16-2)5-8-17-11/h5,8-9,12H,3-4,6-7H2,1-2H3. The molecule has 0 saturated carbocycles. The van der Waals surface area contributed by atoms with Crippen LogP contribution in [0.5, 0.6) is 5.75 Å². The molecule has 102 valence electrons. The van der Waals surface area contributed by atoms with Crippen LogP contribution in [0.1, 0.15) is 12.8 Å². The topological polar surface area (TPSA) is 58.6 Å². The van der Waals surface area contributed by atoms with Crippen molar-refractivity contribution in [3.8, 4) is 5.75 Å². The van der Waals surface area contributed by atoms with Crippen LogP contribution in [0.4, 0.5) is 0 Å². The maximum atomic E-state index is 12.5. The number of sulfonamides is 1. The van der Waals surface area contributed by atoms with Crippen molar-refractivity contribution in [1.82, 2.24) is 9.62 Å². The summed E-state index contributed by atoms with van der Waals surface area (Å²) in [5.41, 5.74) is 0. The summed E-state index contributed by atoms with van der Waals surface area (Å²) in [6.07, 6.45) is 1.70. The molecule has 0 amide bonds. The van der Waals surface area contributed by atoms with Crippen LogP contribution in [-0.4, -0.2) is 46.0 Å². The summed E-state index contributed by atoms with van der Waals surface area (Å²) < 4.78 is 31.9. The summed E-state index contributed by atoms with van der Waals surface area (Å²) in [4.78, 5) is 0. The lowest BCUT2D eigenvalue weighted by molar-refractivity contribution is 0.296. The predicted octanol–water partition coefficient (Wildman–Crippen LogP) is 1.13. The molecule has 0 atom stereocenters. The van der Waals surface area contributed by atoms with Gasteiger partial charge in [-0.25, -0.2) is 8.42 Å². The number of ether oxygens (including phenoxy) is 1. The highest BCUT2D eigenvalue weighted by Gasteiger charge is 2.32. The van der Waals surface area contributed by atoms with Gasteiger partial charge < -0.3 is 10.1 Å². The fraction of sp³-hybridized carbons (Fsp3) is 0.636. The molecular formula is C11H18N2O3S2. The number of hydrogen-bond acceptors (Lipinski definition) is 5. The molecule has 1 aromatic heterocycles. The van der Waals surface area contributed by atoms with E-state index in [1.165, 1.54) is 22.8 Å². The zero-order chi connectivity index (χ0) is 13.2. The van der Waals surface area contributed by atoms with Crippen LogP contribution in [0.2, 0.25) is 0 Å². The third-order valence-corrected chi connectivity index (χ3v) is 6.59. The summed E-state index contributed by atoms with van der Waals surface area (Å²) in [6.45, 7) is 1.73. The van der Waals surface area contributed by atoms with Crippen LogP contribution in [-0.2, 0) is 10.0 Å². The molecule has 0 aliphatic carbocycles. The minimum absolute atomic E-state index is 0.0723. The molecule has 0 spiro atoms. The van der Waals surface area contributed by atoms with Gasteiger partial charge in [-0.15, -0.1) is 11.3 Å². The van der Waals surface area contributed by atoms with E-state index in [2.05, 4.69) is 5.32 Å². The summed E-state index contributed by atoms with van der Waals surface area (Å²) in [6, 6.07) is 1.76. The minimum Gasteiger partial charge on any atom is -0.494 e. The molecule has 0 radical (unpaired) electrons. The van der Waals surface area contributed by atoms with Crippen molar-refractivity contribution in [3.63, 3.8) is 0 Å². The maximum Gasteiger partial charge on any atom is 0.256 e. The smallest absolute Gasteiger partial charge is 0.256 e. The lowest BCUT2D eigenvalue weighted by atomic mass is 10.1. The van der Waals surface area contributed by atoms with Gasteiger partial charge in [0.25, 0.3) is 10.0 Å². The van der Waals surface area contributed by atoms with Crippen LogP contribution in [0.25, 0.3) is 0 Å². The fourth-order valence-electron chi connectivity index (χ4n) is 2.12. The normalized spacial score (nSPS) is 18.2. The number of hydrogen-bond donors (Lipinski definition) is 1. The van der Waals surface area contributed by atoms with E-state index in [0.29, 0.717) is 9.96 Å². The number of piperidine rings is 1. The lowest BCUT2D eigenvalue weighted by Crippen LogP contribution is -2.43. The number of nitrogens with zero attached hydrogens (tertiary/aromatic N) is 1. The Bertz CT molecular complexity index is 492. The summed E-state index contributed by atoms with van der Waals surface area (Å²) in [5.74, 6) is 0.431. The average molecular weight is 290 g/mol. The minimum atomic E-state index is -3.44. The molecule has 0 bridgehead atoms. The second-order valence-corrected chi connectivity index (χ2v) is 7.39. The molecule has 1 aliphatic rings. The average Bonchev–Trinajstić information content (AvgIpc) is 2.88. The molecule has 2 rings (SSSR count). The third-order valence-electron chi connectivity index (χ3n) is 3.25. The summed E-state index contributed by atoms with van der Waals surface area (Å²) >= 11 is 1.20. The van der Waals surface area contributed by atoms with Gasteiger partial charge in [0.1, 0.15) is 5.75 Å². The zero-order valence-electron chi connectivity index (χ0n) is 10.5. The van der Waals surface area contributed by atoms with Gasteiger partial charge >= 0.3 is 0 Å². The highest BCUT2D eigenvalue weighted by atomic mass is 32.2. The molecule has 1 aliphatic heterocycles. The Morgan fingerprint density at radius 2 is 2.11 bits per heavy atom. The van der Waals surface area contributed by atoms with Crippen molar-refractivity contribution < 1.29 is 13.2 Å². The quantitative estimate of drug-likeness (QED) is 0.903. The van der Waals surface area contributed by atoms with Crippen molar-refractivity contribution in [2.75, 3.05) is 27.2 Å². The third kappa shape index (κ3) is 2.54. The van der Waals surface area contributed by atoms with Crippen LogP contribution in [0.15, 0.2) is 15.7 Å². The van der Waals surface area contributed by atoms with E-state index >= 15 is 0 Å². The van der Waals surface area contributed by atoms with Gasteiger partial charge in [-0.05, 0) is 37.4 Å². The Morgan fingerprint density at radius 3 is 2.72 bits per heavy atom. The molecular weight excluding hydrogens is 272 g/mol. The first kappa shape index (κ1) is 13.8. The van der Waals surface area contributed by atoms with Gasteiger partial charge in [-0.3, -0.25) is 0 Å². The van der Waals surface area contributed by atoms with Crippen molar-refractivity contribution in [1.29, 1.82) is 0 Å². The van der Waals surface area contributed by atoms with Crippen molar-refractivity contribution in [2.45, 2.75) is 23.1 Å². The monoisotopic (exact) mass is 290 g/mol. The van der Waals surface area contributed by atoms with E-state index in [0.717, 1.165) is 25.9 Å². The Kier molecular flexibility index (Phi) is 4.26. The van der Waals surface area contributed by atoms with E-state index in [9.17, 15) is 8.42 Å². The Morgan fingerprint density at radius 1 is 1.44 bits per heavy atom. The van der Waals surface area contributed by atoms with Crippen LogP contribution in [0.3, 0.4) is 0 Å². The first-order chi connectivity index (χ1) is 8.57. The van der Waals surface area contributed by atoms with E-state index in [4.69, 9.17) is 4.74 Å². The number of rotatable bonds is 4. The highest BCUT2D eigenvalue weighted by Crippen LogP contribution is 2.33. The maximum absolute atomic E-state index is 12.5. The van der Waals surface area contributed by atoms with Gasteiger partial charge in [-0.2, -0.15) is 4.31 Å². The number of nitrogens with one attached hydrogen (secondary N) is 1. The summed E-state index contributed by atoms with van der Waals surface area (Å²) in [7, 11) is -0.290. The van der Waals surface area contributed by atoms with E-state index in [1.54, 1.807) is 18.5 Å². The fourth-order valence-corrected chi connectivity index (χ4v) is 4.98. The Balaban J connectivity index is 2.24. The number of methoxy groups -OCH3 is 1. The molecule has 7 heteroatoms. The van der Waals surface area contributed by atoms with E-state index < -0.39 is 10.0 Å². The van der Waals surface area contributed by atoms with E-state index in [1.807, 2.05) is 0 Å². The van der Waals surface area contributed by atoms with Crippen molar-refractivity contribution in [3.05, 3.63) is 11.4 Å². The number of thiophene rings is 1. The van der Waals surface area contributed by atoms with Gasteiger partial charge in [0.05, 0.1) is 7.11 Å². The second-order valence-electron chi connectivity index (χ2n) is 4.28. The predicted molar refractivity (Wildman–Crippen MR) is 71.7 cm³/mol. The van der Waals surface area contributed by atoms with Gasteiger partial charge in [0.2, 0.25) is 0 Å². The first-order valence-electron chi connectivity index (χ1n) is 5.87. The van der Waals surface area contributed by atoms with Crippen LogP contribution < -0.4 is 10.1 Å². The molecule has 2 heterocycles. The zero-order valence-corrected chi connectivity index (χ0v) is 12.2. The van der Waals surface area contributed by atoms with Crippen LogP contribution >= 0.6 is 11.3 Å². The molecule has 1 saturated heterocycles. The van der Waals surface area contributed by atoms with Gasteiger partial charge in [0, 0.05) is 13.1 Å². The molecule has 5 nitrogen and oxygen atoms in total. The summed E-state index contributed by atoms with van der Waals surface area (Å²) in [5, 5.41) is 4.97. The van der Waals surface area contributed by atoms with Gasteiger partial charge in [0.15, 0.2) is 4.21 Å². The molecule has 1 N–H and O–H groups in total. The molecule has 18 heavy (non-hydrogen) atoms. The molecule has 1 aromatic rings. The molecule has 0 aromatic carbocycles. The van der Waals surface area contributed by atoms with Gasteiger partial charge in [-0.1, -0.05) is 0 Å². The Labute approximate surface area is 112 Å². The SMILES string of the molecule is COc1ccsc1S(=O)(=O)N(C)C1CCNCC1. The molecule has 1 fully saturated rings. The first-order valence-corrected chi connectivity index (χ1v) is 8.19. The largest absolute Gasteiger partial charge is 0.494 e.